The van der Waals surface area contributed by atoms with Gasteiger partial charge in [-0.3, -0.25) is 4.79 Å². The SMILES string of the molecule is CCCC[C@H]1C(=O)N(S(=O)(=O)c2ccc(C)cc2)[C@H]1c1ccccc1. The lowest BCUT2D eigenvalue weighted by atomic mass is 9.81. The summed E-state index contributed by atoms with van der Waals surface area (Å²) in [4.78, 5) is 12.9. The van der Waals surface area contributed by atoms with E-state index in [1.165, 1.54) is 0 Å². The van der Waals surface area contributed by atoms with Gasteiger partial charge in [0.15, 0.2) is 0 Å². The van der Waals surface area contributed by atoms with Crippen LogP contribution < -0.4 is 0 Å². The molecule has 0 radical (unpaired) electrons. The molecule has 25 heavy (non-hydrogen) atoms. The van der Waals surface area contributed by atoms with Crippen LogP contribution in [0.2, 0.25) is 0 Å². The molecule has 4 nitrogen and oxygen atoms in total. The van der Waals surface area contributed by atoms with Gasteiger partial charge in [0.2, 0.25) is 5.91 Å². The topological polar surface area (TPSA) is 54.5 Å². The average molecular weight is 357 g/mol. The number of benzene rings is 2. The molecule has 0 unspecified atom stereocenters. The van der Waals surface area contributed by atoms with E-state index in [1.807, 2.05) is 37.3 Å². The molecule has 132 valence electrons. The summed E-state index contributed by atoms with van der Waals surface area (Å²) in [5.74, 6) is -0.551. The standard InChI is InChI=1S/C20H23NO3S/c1-3-4-10-18-19(16-8-6-5-7-9-16)21(20(18)22)25(23,24)17-13-11-15(2)12-14-17/h5-9,11-14,18-19H,3-4,10H2,1-2H3/t18-,19+/m1/s1. The summed E-state index contributed by atoms with van der Waals surface area (Å²) in [7, 11) is -3.84. The van der Waals surface area contributed by atoms with E-state index >= 15 is 0 Å². The molecule has 0 aromatic heterocycles. The predicted molar refractivity (Wildman–Crippen MR) is 97.4 cm³/mol. The Kier molecular flexibility index (Phi) is 4.95. The van der Waals surface area contributed by atoms with Crippen molar-refractivity contribution in [2.45, 2.75) is 44.0 Å². The molecular formula is C20H23NO3S. The summed E-state index contributed by atoms with van der Waals surface area (Å²) in [6, 6.07) is 15.7. The van der Waals surface area contributed by atoms with Crippen molar-refractivity contribution in [1.29, 1.82) is 0 Å². The molecule has 1 aliphatic rings. The van der Waals surface area contributed by atoms with Crippen molar-refractivity contribution in [3.63, 3.8) is 0 Å². The maximum atomic E-state index is 13.0. The van der Waals surface area contributed by atoms with Gasteiger partial charge in [0.25, 0.3) is 10.0 Å². The third-order valence-corrected chi connectivity index (χ3v) is 6.55. The van der Waals surface area contributed by atoms with Gasteiger partial charge in [0.05, 0.1) is 16.9 Å². The molecule has 0 N–H and O–H groups in total. The Labute approximate surface area is 149 Å². The van der Waals surface area contributed by atoms with Crippen LogP contribution in [0.5, 0.6) is 0 Å². The van der Waals surface area contributed by atoms with Crippen LogP contribution in [0.3, 0.4) is 0 Å². The molecule has 5 heteroatoms. The maximum Gasteiger partial charge on any atom is 0.267 e. The predicted octanol–water partition coefficient (Wildman–Crippen LogP) is 4.07. The van der Waals surface area contributed by atoms with Crippen molar-refractivity contribution in [3.05, 3.63) is 65.7 Å². The molecule has 1 amide bonds. The number of nitrogens with zero attached hydrogens (tertiary/aromatic N) is 1. The third kappa shape index (κ3) is 3.21. The molecule has 1 aliphatic heterocycles. The quantitative estimate of drug-likeness (QED) is 0.732. The average Bonchev–Trinajstić information content (AvgIpc) is 2.60. The van der Waals surface area contributed by atoms with Gasteiger partial charge in [-0.15, -0.1) is 0 Å². The Morgan fingerprint density at radius 3 is 2.24 bits per heavy atom. The summed E-state index contributed by atoms with van der Waals surface area (Å²) in [6.45, 7) is 3.97. The molecule has 1 saturated heterocycles. The van der Waals surface area contributed by atoms with Gasteiger partial charge in [0.1, 0.15) is 0 Å². The second-order valence-electron chi connectivity index (χ2n) is 6.56. The number of unbranched alkanes of at least 4 members (excludes halogenated alkanes) is 1. The van der Waals surface area contributed by atoms with Gasteiger partial charge in [-0.2, -0.15) is 0 Å². The molecule has 0 aliphatic carbocycles. The molecular weight excluding hydrogens is 334 g/mol. The van der Waals surface area contributed by atoms with Crippen molar-refractivity contribution in [2.24, 2.45) is 5.92 Å². The van der Waals surface area contributed by atoms with Crippen LogP contribution in [0.15, 0.2) is 59.5 Å². The van der Waals surface area contributed by atoms with Crippen LogP contribution >= 0.6 is 0 Å². The van der Waals surface area contributed by atoms with Crippen LogP contribution in [0.25, 0.3) is 0 Å². The van der Waals surface area contributed by atoms with Crippen molar-refractivity contribution in [2.75, 3.05) is 0 Å². The van der Waals surface area contributed by atoms with E-state index in [0.29, 0.717) is 0 Å². The minimum absolute atomic E-state index is 0.168. The first kappa shape index (κ1) is 17.7. The lowest BCUT2D eigenvalue weighted by Crippen LogP contribution is -2.57. The van der Waals surface area contributed by atoms with E-state index in [2.05, 4.69) is 6.92 Å². The number of aryl methyl sites for hydroxylation is 1. The number of rotatable bonds is 6. The Hall–Kier alpha value is -2.14. The first-order valence-electron chi connectivity index (χ1n) is 8.66. The normalized spacial score (nSPS) is 20.4. The minimum Gasteiger partial charge on any atom is -0.273 e. The van der Waals surface area contributed by atoms with E-state index in [1.54, 1.807) is 24.3 Å². The monoisotopic (exact) mass is 357 g/mol. The number of hydrogen-bond acceptors (Lipinski definition) is 3. The summed E-state index contributed by atoms with van der Waals surface area (Å²) in [5, 5.41) is 0. The summed E-state index contributed by atoms with van der Waals surface area (Å²) >= 11 is 0. The van der Waals surface area contributed by atoms with Gasteiger partial charge in [-0.1, -0.05) is 67.8 Å². The van der Waals surface area contributed by atoms with Gasteiger partial charge in [0, 0.05) is 0 Å². The Bertz CT molecular complexity index is 844. The highest BCUT2D eigenvalue weighted by atomic mass is 32.2. The summed E-state index contributed by atoms with van der Waals surface area (Å²) in [5.41, 5.74) is 1.85. The first-order chi connectivity index (χ1) is 12.0. The fourth-order valence-electron chi connectivity index (χ4n) is 3.33. The molecule has 2 aromatic rings. The molecule has 1 heterocycles. The Morgan fingerprint density at radius 1 is 1.00 bits per heavy atom. The smallest absolute Gasteiger partial charge is 0.267 e. The summed E-state index contributed by atoms with van der Waals surface area (Å²) < 4.78 is 27.2. The van der Waals surface area contributed by atoms with Crippen LogP contribution in [-0.4, -0.2) is 18.6 Å². The highest BCUT2D eigenvalue weighted by Crippen LogP contribution is 2.46. The number of hydrogen-bond donors (Lipinski definition) is 0. The van der Waals surface area contributed by atoms with Gasteiger partial charge >= 0.3 is 0 Å². The summed E-state index contributed by atoms with van der Waals surface area (Å²) in [6.07, 6.45) is 2.61. The second kappa shape index (κ2) is 7.00. The second-order valence-corrected chi connectivity index (χ2v) is 8.37. The van der Waals surface area contributed by atoms with E-state index < -0.39 is 16.1 Å². The molecule has 2 atom stereocenters. The van der Waals surface area contributed by atoms with Crippen molar-refractivity contribution in [1.82, 2.24) is 4.31 Å². The van der Waals surface area contributed by atoms with Crippen LogP contribution in [-0.2, 0) is 14.8 Å². The number of sulfonamides is 1. The van der Waals surface area contributed by atoms with Gasteiger partial charge in [-0.25, -0.2) is 12.7 Å². The maximum absolute atomic E-state index is 13.0. The van der Waals surface area contributed by atoms with Crippen molar-refractivity contribution in [3.8, 4) is 0 Å². The van der Waals surface area contributed by atoms with Crippen LogP contribution in [0.1, 0.15) is 43.4 Å². The molecule has 0 bridgehead atoms. The Morgan fingerprint density at radius 2 is 1.64 bits per heavy atom. The molecule has 2 aromatic carbocycles. The van der Waals surface area contributed by atoms with Gasteiger partial charge < -0.3 is 0 Å². The zero-order valence-electron chi connectivity index (χ0n) is 14.6. The van der Waals surface area contributed by atoms with Crippen LogP contribution in [0, 0.1) is 12.8 Å². The van der Waals surface area contributed by atoms with E-state index in [9.17, 15) is 13.2 Å². The molecule has 1 fully saturated rings. The lowest BCUT2D eigenvalue weighted by molar-refractivity contribution is -0.147. The zero-order valence-corrected chi connectivity index (χ0v) is 15.4. The fraction of sp³-hybridized carbons (Fsp3) is 0.350. The van der Waals surface area contributed by atoms with Crippen molar-refractivity contribution >= 4 is 15.9 Å². The number of carbonyl (C=O) groups is 1. The van der Waals surface area contributed by atoms with Crippen molar-refractivity contribution < 1.29 is 13.2 Å². The first-order valence-corrected chi connectivity index (χ1v) is 10.1. The molecule has 0 spiro atoms. The lowest BCUT2D eigenvalue weighted by Gasteiger charge is -2.46. The Balaban J connectivity index is 1.98. The number of amides is 1. The van der Waals surface area contributed by atoms with E-state index in [-0.39, 0.29) is 16.7 Å². The molecule has 0 saturated carbocycles. The highest BCUT2D eigenvalue weighted by molar-refractivity contribution is 7.89. The van der Waals surface area contributed by atoms with E-state index in [4.69, 9.17) is 0 Å². The minimum atomic E-state index is -3.84. The number of carbonyl (C=O) groups excluding carboxylic acids is 1. The number of β-lactam (4-membered cyclic amide) rings is 1. The third-order valence-electron chi connectivity index (χ3n) is 4.76. The highest BCUT2D eigenvalue weighted by Gasteiger charge is 2.53. The largest absolute Gasteiger partial charge is 0.273 e. The van der Waals surface area contributed by atoms with Crippen LogP contribution in [0.4, 0.5) is 0 Å². The zero-order chi connectivity index (χ0) is 18.0. The van der Waals surface area contributed by atoms with Gasteiger partial charge in [-0.05, 0) is 31.0 Å². The fourth-order valence-corrected chi connectivity index (χ4v) is 4.98. The van der Waals surface area contributed by atoms with E-state index in [0.717, 1.165) is 34.7 Å². The molecule has 3 rings (SSSR count).